The molecule has 0 radical (unpaired) electrons. The van der Waals surface area contributed by atoms with Crippen molar-refractivity contribution in [2.75, 3.05) is 12.9 Å². The highest BCUT2D eigenvalue weighted by Crippen LogP contribution is 2.29. The molecule has 0 spiro atoms. The molecular weight excluding hydrogens is 190 g/mol. The van der Waals surface area contributed by atoms with Gasteiger partial charge in [0.25, 0.3) is 0 Å². The third-order valence-electron chi connectivity index (χ3n) is 1.95. The van der Waals surface area contributed by atoms with Gasteiger partial charge in [0.05, 0.1) is 11.9 Å². The van der Waals surface area contributed by atoms with Crippen LogP contribution in [0.1, 0.15) is 13.8 Å². The van der Waals surface area contributed by atoms with E-state index in [4.69, 9.17) is 0 Å². The second kappa shape index (κ2) is 3.57. The lowest BCUT2D eigenvalue weighted by Gasteiger charge is -2.32. The third kappa shape index (κ3) is 2.15. The summed E-state index contributed by atoms with van der Waals surface area (Å²) in [5.41, 5.74) is 0. The average Bonchev–Trinajstić information content (AvgIpc) is 2.08. The van der Waals surface area contributed by atoms with Crippen molar-refractivity contribution in [2.45, 2.75) is 24.6 Å². The maximum Gasteiger partial charge on any atom is 0.329 e. The van der Waals surface area contributed by atoms with E-state index in [1.807, 2.05) is 13.8 Å². The minimum atomic E-state index is -0.490. The molecule has 1 heterocycles. The van der Waals surface area contributed by atoms with Crippen molar-refractivity contribution in [3.63, 3.8) is 0 Å². The third-order valence-corrected chi connectivity index (χ3v) is 3.36. The largest absolute Gasteiger partial charge is 0.467 e. The van der Waals surface area contributed by atoms with E-state index >= 15 is 0 Å². The Balaban J connectivity index is 2.61. The van der Waals surface area contributed by atoms with Gasteiger partial charge in [0.2, 0.25) is 5.91 Å². The molecule has 1 aliphatic heterocycles. The molecule has 0 aromatic carbocycles. The van der Waals surface area contributed by atoms with Crippen molar-refractivity contribution in [1.29, 1.82) is 0 Å². The van der Waals surface area contributed by atoms with Crippen molar-refractivity contribution >= 4 is 23.6 Å². The Morgan fingerprint density at radius 2 is 2.31 bits per heavy atom. The second-order valence-corrected chi connectivity index (χ2v) is 5.01. The van der Waals surface area contributed by atoms with Gasteiger partial charge < -0.3 is 10.1 Å². The number of ether oxygens (including phenoxy) is 1. The van der Waals surface area contributed by atoms with Gasteiger partial charge in [-0.2, -0.15) is 0 Å². The van der Waals surface area contributed by atoms with Crippen LogP contribution in [0.15, 0.2) is 0 Å². The topological polar surface area (TPSA) is 55.4 Å². The van der Waals surface area contributed by atoms with E-state index in [0.29, 0.717) is 5.75 Å². The van der Waals surface area contributed by atoms with E-state index < -0.39 is 10.8 Å². The van der Waals surface area contributed by atoms with E-state index in [9.17, 15) is 9.59 Å². The van der Waals surface area contributed by atoms with Crippen LogP contribution in [-0.2, 0) is 14.3 Å². The number of methoxy groups -OCH3 is 1. The van der Waals surface area contributed by atoms with Crippen LogP contribution in [-0.4, -0.2) is 35.5 Å². The summed E-state index contributed by atoms with van der Waals surface area (Å²) in [7, 11) is 1.32. The molecule has 1 atom stereocenters. The van der Waals surface area contributed by atoms with Gasteiger partial charge in [-0.3, -0.25) is 4.79 Å². The Labute approximate surface area is 81.4 Å². The number of rotatable bonds is 1. The summed E-state index contributed by atoms with van der Waals surface area (Å²) in [5.74, 6) is 0.0845. The summed E-state index contributed by atoms with van der Waals surface area (Å²) in [6.07, 6.45) is 0. The zero-order valence-electron chi connectivity index (χ0n) is 7.92. The summed E-state index contributed by atoms with van der Waals surface area (Å²) in [4.78, 5) is 22.5. The lowest BCUT2D eigenvalue weighted by Crippen LogP contribution is -2.54. The molecule has 0 aromatic heterocycles. The fourth-order valence-electron chi connectivity index (χ4n) is 1.00. The molecule has 0 aromatic rings. The molecule has 0 unspecified atom stereocenters. The maximum atomic E-state index is 11.4. The highest BCUT2D eigenvalue weighted by Gasteiger charge is 2.38. The van der Waals surface area contributed by atoms with Crippen LogP contribution in [0.3, 0.4) is 0 Å². The van der Waals surface area contributed by atoms with Gasteiger partial charge in [-0.15, -0.1) is 11.8 Å². The van der Waals surface area contributed by atoms with Gasteiger partial charge in [-0.05, 0) is 13.8 Å². The van der Waals surface area contributed by atoms with Crippen LogP contribution in [0.2, 0.25) is 0 Å². The lowest BCUT2D eigenvalue weighted by molar-refractivity contribution is -0.144. The Morgan fingerprint density at radius 1 is 1.69 bits per heavy atom. The monoisotopic (exact) mass is 203 g/mol. The summed E-state index contributed by atoms with van der Waals surface area (Å²) >= 11 is 1.47. The van der Waals surface area contributed by atoms with E-state index in [1.54, 1.807) is 0 Å². The minimum Gasteiger partial charge on any atom is -0.467 e. The van der Waals surface area contributed by atoms with Gasteiger partial charge in [0.1, 0.15) is 6.04 Å². The normalized spacial score (nSPS) is 26.4. The van der Waals surface area contributed by atoms with Gasteiger partial charge >= 0.3 is 5.97 Å². The number of hydrogen-bond donors (Lipinski definition) is 1. The summed E-state index contributed by atoms with van der Waals surface area (Å²) in [6, 6.07) is -0.490. The molecule has 74 valence electrons. The van der Waals surface area contributed by atoms with Gasteiger partial charge in [-0.1, -0.05) is 0 Å². The first-order chi connectivity index (χ1) is 5.97. The molecule has 1 aliphatic rings. The second-order valence-electron chi connectivity index (χ2n) is 3.37. The number of carbonyl (C=O) groups excluding carboxylic acids is 2. The van der Waals surface area contributed by atoms with Crippen LogP contribution in [0.5, 0.6) is 0 Å². The van der Waals surface area contributed by atoms with E-state index in [0.717, 1.165) is 0 Å². The molecule has 1 N–H and O–H groups in total. The molecule has 4 nitrogen and oxygen atoms in total. The standard InChI is InChI=1S/C8H13NO3S/c1-8(2)7(11)9-5(4-13-8)6(10)12-3/h5H,4H2,1-3H3,(H,9,11)/t5-/m0/s1. The summed E-state index contributed by atoms with van der Waals surface area (Å²) < 4.78 is 4.10. The fraction of sp³-hybridized carbons (Fsp3) is 0.750. The Kier molecular flexibility index (Phi) is 2.85. The van der Waals surface area contributed by atoms with Crippen molar-refractivity contribution in [1.82, 2.24) is 5.32 Å². The first-order valence-electron chi connectivity index (χ1n) is 4.00. The van der Waals surface area contributed by atoms with Crippen LogP contribution in [0, 0.1) is 0 Å². The zero-order chi connectivity index (χ0) is 10.1. The van der Waals surface area contributed by atoms with Crippen molar-refractivity contribution < 1.29 is 14.3 Å². The van der Waals surface area contributed by atoms with Crippen LogP contribution in [0.4, 0.5) is 0 Å². The van der Waals surface area contributed by atoms with Crippen molar-refractivity contribution in [3.8, 4) is 0 Å². The Hall–Kier alpha value is -0.710. The molecule has 1 saturated heterocycles. The first kappa shape index (κ1) is 10.4. The predicted molar refractivity (Wildman–Crippen MR) is 50.5 cm³/mol. The lowest BCUT2D eigenvalue weighted by atomic mass is 10.1. The zero-order valence-corrected chi connectivity index (χ0v) is 8.73. The van der Waals surface area contributed by atoms with Gasteiger partial charge in [0, 0.05) is 5.75 Å². The van der Waals surface area contributed by atoms with Crippen LogP contribution < -0.4 is 5.32 Å². The molecule has 0 aliphatic carbocycles. The maximum absolute atomic E-state index is 11.4. The SMILES string of the molecule is COC(=O)[C@@H]1CSC(C)(C)C(=O)N1. The quantitative estimate of drug-likeness (QED) is 0.617. The Morgan fingerprint density at radius 3 is 2.77 bits per heavy atom. The molecular formula is C8H13NO3S. The van der Waals surface area contributed by atoms with Gasteiger partial charge in [-0.25, -0.2) is 4.79 Å². The number of thioether (sulfide) groups is 1. The van der Waals surface area contributed by atoms with E-state index in [2.05, 4.69) is 10.1 Å². The molecule has 13 heavy (non-hydrogen) atoms. The summed E-state index contributed by atoms with van der Waals surface area (Å²) in [6.45, 7) is 3.67. The van der Waals surface area contributed by atoms with E-state index in [-0.39, 0.29) is 11.9 Å². The molecule has 1 rings (SSSR count). The number of esters is 1. The van der Waals surface area contributed by atoms with E-state index in [1.165, 1.54) is 18.9 Å². The smallest absolute Gasteiger partial charge is 0.329 e. The van der Waals surface area contributed by atoms with Crippen LogP contribution in [0.25, 0.3) is 0 Å². The molecule has 5 heteroatoms. The highest BCUT2D eigenvalue weighted by atomic mass is 32.2. The first-order valence-corrected chi connectivity index (χ1v) is 4.98. The summed E-state index contributed by atoms with van der Waals surface area (Å²) in [5, 5.41) is 2.62. The number of hydrogen-bond acceptors (Lipinski definition) is 4. The Bertz CT molecular complexity index is 240. The predicted octanol–water partition coefficient (Wildman–Crippen LogP) is 0.170. The fourth-order valence-corrected chi connectivity index (χ4v) is 1.99. The average molecular weight is 203 g/mol. The number of nitrogens with one attached hydrogen (secondary N) is 1. The van der Waals surface area contributed by atoms with Gasteiger partial charge in [0.15, 0.2) is 0 Å². The number of carbonyl (C=O) groups is 2. The van der Waals surface area contributed by atoms with Crippen molar-refractivity contribution in [3.05, 3.63) is 0 Å². The number of amides is 1. The molecule has 0 saturated carbocycles. The van der Waals surface area contributed by atoms with Crippen LogP contribution >= 0.6 is 11.8 Å². The molecule has 0 bridgehead atoms. The molecule has 1 fully saturated rings. The minimum absolute atomic E-state index is 0.112. The molecule has 1 amide bonds. The van der Waals surface area contributed by atoms with Crippen molar-refractivity contribution in [2.24, 2.45) is 0 Å². The highest BCUT2D eigenvalue weighted by molar-refractivity contribution is 8.01.